The number of hydrogen-bond acceptors (Lipinski definition) is 3. The monoisotopic (exact) mass is 682 g/mol. The Morgan fingerprint density at radius 2 is 1.41 bits per heavy atom. The van der Waals surface area contributed by atoms with Crippen LogP contribution >= 0.6 is 0 Å². The van der Waals surface area contributed by atoms with Crippen LogP contribution in [0.4, 0.5) is 0 Å². The molecule has 3 heterocycles. The Morgan fingerprint density at radius 3 is 2.28 bits per heavy atom. The van der Waals surface area contributed by atoms with Gasteiger partial charge in [0.15, 0.2) is 0 Å². The minimum absolute atomic E-state index is 0. The Balaban J connectivity index is 0.00000277. The predicted molar refractivity (Wildman–Crippen MR) is 151 cm³/mol. The first-order valence-electron chi connectivity index (χ1n) is 12.4. The normalized spacial score (nSPS) is 10.9. The van der Waals surface area contributed by atoms with E-state index in [0.29, 0.717) is 11.6 Å². The van der Waals surface area contributed by atoms with Crippen LogP contribution in [-0.2, 0) is 21.1 Å². The molecule has 4 nitrogen and oxygen atoms in total. The van der Waals surface area contributed by atoms with Crippen molar-refractivity contribution >= 4 is 21.8 Å². The van der Waals surface area contributed by atoms with Crippen LogP contribution in [0, 0.1) is 12.1 Å². The smallest absolute Gasteiger partial charge is 0.460 e. The summed E-state index contributed by atoms with van der Waals surface area (Å²) in [6, 6.07) is 45.6. The van der Waals surface area contributed by atoms with E-state index in [0.717, 1.165) is 44.5 Å². The van der Waals surface area contributed by atoms with Crippen LogP contribution in [0.2, 0.25) is 0 Å². The molecule has 7 aromatic rings. The number of pyridine rings is 2. The second-order valence-electron chi connectivity index (χ2n) is 8.95. The van der Waals surface area contributed by atoms with Gasteiger partial charge in [-0.2, -0.15) is 24.3 Å². The molecule has 0 unspecified atom stereocenters. The fourth-order valence-corrected chi connectivity index (χ4v) is 4.83. The maximum Gasteiger partial charge on any atom is 2.00 e. The van der Waals surface area contributed by atoms with Crippen molar-refractivity contribution in [2.75, 3.05) is 0 Å². The minimum atomic E-state index is 0. The van der Waals surface area contributed by atoms with Crippen LogP contribution in [0.1, 0.15) is 0 Å². The van der Waals surface area contributed by atoms with Crippen molar-refractivity contribution in [2.24, 2.45) is 0 Å². The molecule has 0 aliphatic rings. The van der Waals surface area contributed by atoms with Gasteiger partial charge >= 0.3 is 21.1 Å². The van der Waals surface area contributed by atoms with Gasteiger partial charge in [-0.15, -0.1) is 18.2 Å². The molecule has 0 N–H and O–H groups in total. The van der Waals surface area contributed by atoms with Gasteiger partial charge in [0.1, 0.15) is 5.82 Å². The van der Waals surface area contributed by atoms with Crippen molar-refractivity contribution in [3.05, 3.63) is 140 Å². The van der Waals surface area contributed by atoms with E-state index in [9.17, 15) is 0 Å². The number of ether oxygens (including phenoxy) is 1. The first kappa shape index (κ1) is 24.8. The number of fused-ring (bicyclic) bond motifs is 3. The second kappa shape index (κ2) is 10.7. The zero-order valence-corrected chi connectivity index (χ0v) is 23.0. The van der Waals surface area contributed by atoms with Crippen molar-refractivity contribution < 1.29 is 25.8 Å². The quantitative estimate of drug-likeness (QED) is 0.172. The Kier molecular flexibility index (Phi) is 6.79. The standard InChI is InChI=1S/C34H21N3O.Pt/c1-2-9-24(10-3-1)27-18-20-36-34(23-27)38-28-12-8-11-25(21-28)26-16-17-30-29-13-4-5-14-31(29)37(32(30)22-26)33-15-6-7-19-35-33;/h1-20,23H;/q-2;+2. The molecular formula is C34H21N3OPt. The Labute approximate surface area is 240 Å². The molecule has 0 bridgehead atoms. The SMILES string of the molecule is [Pt+2].[c-]1c(Oc2cc(-c3ccccc3)ccn2)cccc1-c1[c-]c2c(cc1)c1ccccc1n2-c1ccccn1. The Hall–Kier alpha value is -4.53. The maximum atomic E-state index is 6.14. The molecule has 0 fully saturated rings. The number of aromatic nitrogens is 3. The van der Waals surface area contributed by atoms with E-state index in [1.807, 2.05) is 72.9 Å². The summed E-state index contributed by atoms with van der Waals surface area (Å²) in [5, 5.41) is 2.30. The number of hydrogen-bond donors (Lipinski definition) is 0. The summed E-state index contributed by atoms with van der Waals surface area (Å²) in [7, 11) is 0. The van der Waals surface area contributed by atoms with E-state index >= 15 is 0 Å². The molecular weight excluding hydrogens is 661 g/mol. The van der Waals surface area contributed by atoms with Crippen LogP contribution in [0.3, 0.4) is 0 Å². The summed E-state index contributed by atoms with van der Waals surface area (Å²) >= 11 is 0. The van der Waals surface area contributed by atoms with E-state index in [4.69, 9.17) is 4.74 Å². The summed E-state index contributed by atoms with van der Waals surface area (Å²) in [5.74, 6) is 1.98. The van der Waals surface area contributed by atoms with Gasteiger partial charge in [-0.05, 0) is 46.3 Å². The molecule has 188 valence electrons. The van der Waals surface area contributed by atoms with Crippen molar-refractivity contribution in [3.8, 4) is 39.7 Å². The van der Waals surface area contributed by atoms with Gasteiger partial charge < -0.3 is 9.30 Å². The fraction of sp³-hybridized carbons (Fsp3) is 0. The molecule has 0 saturated carbocycles. The average molecular weight is 683 g/mol. The van der Waals surface area contributed by atoms with E-state index in [2.05, 4.69) is 75.2 Å². The molecule has 7 rings (SSSR count). The summed E-state index contributed by atoms with van der Waals surface area (Å²) < 4.78 is 8.30. The molecule has 4 aromatic carbocycles. The summed E-state index contributed by atoms with van der Waals surface area (Å²) in [5.41, 5.74) is 6.05. The van der Waals surface area contributed by atoms with Crippen LogP contribution in [0.25, 0.3) is 49.9 Å². The molecule has 0 saturated heterocycles. The third kappa shape index (κ3) is 4.76. The van der Waals surface area contributed by atoms with Crippen molar-refractivity contribution in [1.29, 1.82) is 0 Å². The third-order valence-electron chi connectivity index (χ3n) is 6.58. The minimum Gasteiger partial charge on any atom is -0.460 e. The number of para-hydroxylation sites is 1. The van der Waals surface area contributed by atoms with Gasteiger partial charge in [0, 0.05) is 29.7 Å². The van der Waals surface area contributed by atoms with Gasteiger partial charge in [0.05, 0.1) is 0 Å². The molecule has 39 heavy (non-hydrogen) atoms. The topological polar surface area (TPSA) is 39.9 Å². The van der Waals surface area contributed by atoms with Crippen LogP contribution in [0.15, 0.2) is 128 Å². The van der Waals surface area contributed by atoms with E-state index in [1.165, 1.54) is 5.39 Å². The number of nitrogens with zero attached hydrogens (tertiary/aromatic N) is 3. The zero-order valence-electron chi connectivity index (χ0n) is 20.7. The Morgan fingerprint density at radius 1 is 0.590 bits per heavy atom. The molecule has 5 heteroatoms. The largest absolute Gasteiger partial charge is 2.00 e. The molecule has 3 aromatic heterocycles. The maximum absolute atomic E-state index is 6.14. The molecule has 0 aliphatic heterocycles. The predicted octanol–water partition coefficient (Wildman–Crippen LogP) is 8.30. The third-order valence-corrected chi connectivity index (χ3v) is 6.58. The van der Waals surface area contributed by atoms with Crippen LogP contribution < -0.4 is 4.74 Å². The first-order chi connectivity index (χ1) is 18.8. The molecule has 0 atom stereocenters. The van der Waals surface area contributed by atoms with Crippen LogP contribution in [-0.4, -0.2) is 14.5 Å². The van der Waals surface area contributed by atoms with Gasteiger partial charge in [-0.3, -0.25) is 0 Å². The van der Waals surface area contributed by atoms with E-state index in [1.54, 1.807) is 6.20 Å². The molecule has 0 radical (unpaired) electrons. The molecule has 0 amide bonds. The second-order valence-corrected chi connectivity index (χ2v) is 8.95. The number of rotatable bonds is 5. The summed E-state index contributed by atoms with van der Waals surface area (Å²) in [6.45, 7) is 0. The Bertz CT molecular complexity index is 1900. The summed E-state index contributed by atoms with van der Waals surface area (Å²) in [4.78, 5) is 9.03. The molecule has 0 spiro atoms. The van der Waals surface area contributed by atoms with Crippen molar-refractivity contribution in [2.45, 2.75) is 0 Å². The van der Waals surface area contributed by atoms with Crippen LogP contribution in [0.5, 0.6) is 11.6 Å². The van der Waals surface area contributed by atoms with Gasteiger partial charge in [-0.25, -0.2) is 21.1 Å². The molecule has 0 aliphatic carbocycles. The van der Waals surface area contributed by atoms with Crippen molar-refractivity contribution in [1.82, 2.24) is 14.5 Å². The van der Waals surface area contributed by atoms with E-state index in [-0.39, 0.29) is 21.1 Å². The van der Waals surface area contributed by atoms with Gasteiger partial charge in [0.25, 0.3) is 0 Å². The number of benzene rings is 4. The van der Waals surface area contributed by atoms with Gasteiger partial charge in [-0.1, -0.05) is 60.0 Å². The van der Waals surface area contributed by atoms with Crippen molar-refractivity contribution in [3.63, 3.8) is 0 Å². The van der Waals surface area contributed by atoms with Gasteiger partial charge in [0.2, 0.25) is 5.88 Å². The fourth-order valence-electron chi connectivity index (χ4n) is 4.83. The first-order valence-corrected chi connectivity index (χ1v) is 12.4. The van der Waals surface area contributed by atoms with E-state index < -0.39 is 0 Å². The zero-order chi connectivity index (χ0) is 25.3. The average Bonchev–Trinajstić information content (AvgIpc) is 3.32. The summed E-state index contributed by atoms with van der Waals surface area (Å²) in [6.07, 6.45) is 3.58.